The van der Waals surface area contributed by atoms with E-state index in [-0.39, 0.29) is 12.5 Å². The lowest BCUT2D eigenvalue weighted by molar-refractivity contribution is -0.141. The molecule has 1 fully saturated rings. The number of aliphatic carboxylic acids is 1. The van der Waals surface area contributed by atoms with E-state index in [2.05, 4.69) is 4.98 Å². The fourth-order valence-corrected chi connectivity index (χ4v) is 2.98. The smallest absolute Gasteiger partial charge is 0.308 e. The van der Waals surface area contributed by atoms with E-state index in [1.165, 1.54) is 11.3 Å². The summed E-state index contributed by atoms with van der Waals surface area (Å²) in [6, 6.07) is 1.78. The van der Waals surface area contributed by atoms with E-state index < -0.39 is 11.9 Å². The van der Waals surface area contributed by atoms with Crippen LogP contribution in [0.15, 0.2) is 28.4 Å². The summed E-state index contributed by atoms with van der Waals surface area (Å²) in [5.41, 5.74) is 1.19. The molecule has 3 heterocycles. The first-order chi connectivity index (χ1) is 9.65. The van der Waals surface area contributed by atoms with Gasteiger partial charge in [-0.05, 0) is 12.5 Å². The Labute approximate surface area is 118 Å². The Morgan fingerprint density at radius 1 is 1.50 bits per heavy atom. The third kappa shape index (κ3) is 2.32. The van der Waals surface area contributed by atoms with E-state index in [4.69, 9.17) is 9.52 Å². The number of carboxylic acid groups (broad SMARTS) is 1. The van der Waals surface area contributed by atoms with Crippen LogP contribution in [-0.2, 0) is 4.79 Å². The molecule has 6 nitrogen and oxygen atoms in total. The average molecular weight is 292 g/mol. The number of rotatable bonds is 3. The molecule has 0 radical (unpaired) electrons. The Kier molecular flexibility index (Phi) is 3.27. The summed E-state index contributed by atoms with van der Waals surface area (Å²) < 4.78 is 4.98. The highest BCUT2D eigenvalue weighted by Gasteiger charge is 2.32. The topological polar surface area (TPSA) is 83.6 Å². The minimum atomic E-state index is -0.849. The molecule has 1 aliphatic heterocycles. The molecule has 0 aromatic carbocycles. The number of hydrogen-bond donors (Lipinski definition) is 1. The minimum absolute atomic E-state index is 0.209. The monoisotopic (exact) mass is 292 g/mol. The van der Waals surface area contributed by atoms with Gasteiger partial charge in [-0.25, -0.2) is 4.98 Å². The number of furan rings is 1. The molecule has 2 aromatic rings. The van der Waals surface area contributed by atoms with Crippen LogP contribution in [0.5, 0.6) is 0 Å². The van der Waals surface area contributed by atoms with E-state index in [1.807, 2.05) is 0 Å². The SMILES string of the molecule is O=C(O)C1CCN(C(=O)c2csc(-c3ccoc3)n2)C1. The summed E-state index contributed by atoms with van der Waals surface area (Å²) in [4.78, 5) is 29.0. The summed E-state index contributed by atoms with van der Waals surface area (Å²) in [6.45, 7) is 0.723. The maximum atomic E-state index is 12.3. The highest BCUT2D eigenvalue weighted by Crippen LogP contribution is 2.25. The number of thiazole rings is 1. The van der Waals surface area contributed by atoms with Gasteiger partial charge in [-0.1, -0.05) is 0 Å². The van der Waals surface area contributed by atoms with Gasteiger partial charge in [-0.15, -0.1) is 11.3 Å². The summed E-state index contributed by atoms with van der Waals surface area (Å²) in [7, 11) is 0. The number of likely N-dealkylation sites (tertiary alicyclic amines) is 1. The zero-order chi connectivity index (χ0) is 14.1. The van der Waals surface area contributed by atoms with Crippen LogP contribution in [0.2, 0.25) is 0 Å². The van der Waals surface area contributed by atoms with Gasteiger partial charge < -0.3 is 14.4 Å². The van der Waals surface area contributed by atoms with Crippen LogP contribution in [0.4, 0.5) is 0 Å². The third-order valence-electron chi connectivity index (χ3n) is 3.32. The van der Waals surface area contributed by atoms with E-state index in [0.29, 0.717) is 18.7 Å². The Morgan fingerprint density at radius 2 is 2.35 bits per heavy atom. The fraction of sp³-hybridized carbons (Fsp3) is 0.308. The van der Waals surface area contributed by atoms with Gasteiger partial charge in [-0.2, -0.15) is 0 Å². The molecule has 1 saturated heterocycles. The van der Waals surface area contributed by atoms with Crippen molar-refractivity contribution in [2.75, 3.05) is 13.1 Å². The molecule has 7 heteroatoms. The highest BCUT2D eigenvalue weighted by molar-refractivity contribution is 7.13. The van der Waals surface area contributed by atoms with Gasteiger partial charge in [0.15, 0.2) is 0 Å². The van der Waals surface area contributed by atoms with Crippen molar-refractivity contribution in [2.24, 2.45) is 5.92 Å². The second-order valence-corrected chi connectivity index (χ2v) is 5.48. The summed E-state index contributed by atoms with van der Waals surface area (Å²) in [5.74, 6) is -1.52. The van der Waals surface area contributed by atoms with Crippen LogP contribution in [0, 0.1) is 5.92 Å². The van der Waals surface area contributed by atoms with E-state index >= 15 is 0 Å². The number of aromatic nitrogens is 1. The van der Waals surface area contributed by atoms with Crippen LogP contribution >= 0.6 is 11.3 Å². The highest BCUT2D eigenvalue weighted by atomic mass is 32.1. The van der Waals surface area contributed by atoms with Crippen molar-refractivity contribution in [1.82, 2.24) is 9.88 Å². The summed E-state index contributed by atoms with van der Waals surface area (Å²) >= 11 is 1.37. The molecule has 20 heavy (non-hydrogen) atoms. The molecule has 2 aromatic heterocycles. The van der Waals surface area contributed by atoms with Crippen molar-refractivity contribution in [1.29, 1.82) is 0 Å². The number of nitrogens with zero attached hydrogens (tertiary/aromatic N) is 2. The summed E-state index contributed by atoms with van der Waals surface area (Å²) in [5, 5.41) is 11.4. The molecule has 0 aliphatic carbocycles. The second-order valence-electron chi connectivity index (χ2n) is 4.62. The lowest BCUT2D eigenvalue weighted by Gasteiger charge is -2.13. The Morgan fingerprint density at radius 3 is 3.00 bits per heavy atom. The number of carboxylic acids is 1. The van der Waals surface area contributed by atoms with Crippen molar-refractivity contribution in [3.63, 3.8) is 0 Å². The molecule has 1 aliphatic rings. The molecular formula is C13H12N2O4S. The summed E-state index contributed by atoms with van der Waals surface area (Å²) in [6.07, 6.45) is 3.62. The van der Waals surface area contributed by atoms with Crippen LogP contribution in [-0.4, -0.2) is 40.0 Å². The third-order valence-corrected chi connectivity index (χ3v) is 4.21. The molecule has 104 valence electrons. The van der Waals surface area contributed by atoms with Crippen molar-refractivity contribution >= 4 is 23.2 Å². The molecule has 3 rings (SSSR count). The van der Waals surface area contributed by atoms with Crippen LogP contribution in [0.1, 0.15) is 16.9 Å². The lowest BCUT2D eigenvalue weighted by atomic mass is 10.1. The van der Waals surface area contributed by atoms with Gasteiger partial charge >= 0.3 is 5.97 Å². The zero-order valence-corrected chi connectivity index (χ0v) is 11.3. The molecular weight excluding hydrogens is 280 g/mol. The largest absolute Gasteiger partial charge is 0.481 e. The second kappa shape index (κ2) is 5.09. The van der Waals surface area contributed by atoms with Gasteiger partial charge in [0, 0.05) is 24.0 Å². The Balaban J connectivity index is 1.74. The molecule has 0 spiro atoms. The first-order valence-electron chi connectivity index (χ1n) is 6.15. The number of amides is 1. The zero-order valence-electron chi connectivity index (χ0n) is 10.5. The lowest BCUT2D eigenvalue weighted by Crippen LogP contribution is -2.30. The molecule has 1 amide bonds. The minimum Gasteiger partial charge on any atom is -0.481 e. The number of carbonyl (C=O) groups excluding carboxylic acids is 1. The van der Waals surface area contributed by atoms with Crippen molar-refractivity contribution in [3.8, 4) is 10.6 Å². The van der Waals surface area contributed by atoms with E-state index in [0.717, 1.165) is 10.6 Å². The maximum absolute atomic E-state index is 12.3. The van der Waals surface area contributed by atoms with Crippen molar-refractivity contribution in [2.45, 2.75) is 6.42 Å². The first kappa shape index (κ1) is 12.9. The quantitative estimate of drug-likeness (QED) is 0.934. The van der Waals surface area contributed by atoms with Gasteiger partial charge in [0.25, 0.3) is 5.91 Å². The predicted molar refractivity (Wildman–Crippen MR) is 71.5 cm³/mol. The Bertz CT molecular complexity index is 635. The molecule has 1 unspecified atom stereocenters. The standard InChI is InChI=1S/C13H12N2O4S/c16-12(15-3-1-8(5-15)13(17)18)10-7-20-11(14-10)9-2-4-19-6-9/h2,4,6-8H,1,3,5H2,(H,17,18). The first-order valence-corrected chi connectivity index (χ1v) is 7.03. The van der Waals surface area contributed by atoms with Gasteiger partial charge in [-0.3, -0.25) is 9.59 Å². The van der Waals surface area contributed by atoms with Crippen LogP contribution in [0.3, 0.4) is 0 Å². The van der Waals surface area contributed by atoms with Crippen LogP contribution in [0.25, 0.3) is 10.6 Å². The van der Waals surface area contributed by atoms with Crippen LogP contribution < -0.4 is 0 Å². The fourth-order valence-electron chi connectivity index (χ4n) is 2.20. The number of hydrogen-bond acceptors (Lipinski definition) is 5. The van der Waals surface area contributed by atoms with Crippen molar-refractivity contribution in [3.05, 3.63) is 29.7 Å². The maximum Gasteiger partial charge on any atom is 0.308 e. The number of carbonyl (C=O) groups is 2. The predicted octanol–water partition coefficient (Wildman–Crippen LogP) is 1.95. The molecule has 1 N–H and O–H groups in total. The average Bonchev–Trinajstić information content (AvgIpc) is 3.17. The molecule has 0 bridgehead atoms. The molecule has 0 saturated carbocycles. The molecule has 1 atom stereocenters. The Hall–Kier alpha value is -2.15. The van der Waals surface area contributed by atoms with Gasteiger partial charge in [0.1, 0.15) is 17.0 Å². The normalized spacial score (nSPS) is 18.4. The van der Waals surface area contributed by atoms with E-state index in [1.54, 1.807) is 28.9 Å². The van der Waals surface area contributed by atoms with Gasteiger partial charge in [0.2, 0.25) is 0 Å². The van der Waals surface area contributed by atoms with Gasteiger partial charge in [0.05, 0.1) is 12.2 Å². The van der Waals surface area contributed by atoms with Crippen molar-refractivity contribution < 1.29 is 19.1 Å². The van der Waals surface area contributed by atoms with E-state index in [9.17, 15) is 9.59 Å².